The van der Waals surface area contributed by atoms with Gasteiger partial charge in [-0.05, 0) is 49.9 Å². The molecule has 0 amide bonds. The number of hydrogen-bond acceptors (Lipinski definition) is 2. The quantitative estimate of drug-likeness (QED) is 0.792. The minimum absolute atomic E-state index is 0. The molecule has 2 nitrogen and oxygen atoms in total. The highest BCUT2D eigenvalue weighted by atomic mass is 35.5. The number of rotatable bonds is 7. The number of benzene rings is 2. The van der Waals surface area contributed by atoms with E-state index in [9.17, 15) is 0 Å². The van der Waals surface area contributed by atoms with Crippen molar-refractivity contribution in [2.24, 2.45) is 0 Å². The van der Waals surface area contributed by atoms with Gasteiger partial charge in [0.2, 0.25) is 0 Å². The van der Waals surface area contributed by atoms with E-state index in [0.29, 0.717) is 12.1 Å². The first-order valence-corrected chi connectivity index (χ1v) is 7.63. The molecule has 120 valence electrons. The summed E-state index contributed by atoms with van der Waals surface area (Å²) in [5, 5.41) is 3.66. The SMILES string of the molecule is COc1ccc(CC[C@@H](C)N[C@H](C)c2ccccc2)cc1.Cl. The predicted molar refractivity (Wildman–Crippen MR) is 96.0 cm³/mol. The van der Waals surface area contributed by atoms with Crippen LogP contribution in [0.4, 0.5) is 0 Å². The first-order valence-electron chi connectivity index (χ1n) is 7.63. The summed E-state index contributed by atoms with van der Waals surface area (Å²) >= 11 is 0. The van der Waals surface area contributed by atoms with E-state index in [-0.39, 0.29) is 12.4 Å². The molecule has 2 atom stereocenters. The van der Waals surface area contributed by atoms with Gasteiger partial charge in [0, 0.05) is 12.1 Å². The first kappa shape index (κ1) is 18.5. The third-order valence-corrected chi connectivity index (χ3v) is 3.86. The molecule has 0 aliphatic rings. The van der Waals surface area contributed by atoms with E-state index in [1.165, 1.54) is 11.1 Å². The van der Waals surface area contributed by atoms with E-state index >= 15 is 0 Å². The van der Waals surface area contributed by atoms with Crippen LogP contribution >= 0.6 is 12.4 Å². The second-order valence-electron chi connectivity index (χ2n) is 5.59. The van der Waals surface area contributed by atoms with Crippen molar-refractivity contribution in [2.45, 2.75) is 38.8 Å². The van der Waals surface area contributed by atoms with Crippen molar-refractivity contribution in [1.29, 1.82) is 0 Å². The van der Waals surface area contributed by atoms with Crippen molar-refractivity contribution in [1.82, 2.24) is 5.32 Å². The molecule has 2 rings (SSSR count). The second-order valence-corrected chi connectivity index (χ2v) is 5.59. The van der Waals surface area contributed by atoms with Gasteiger partial charge in [-0.3, -0.25) is 0 Å². The zero-order valence-electron chi connectivity index (χ0n) is 13.6. The van der Waals surface area contributed by atoms with Crippen LogP contribution in [-0.2, 0) is 6.42 Å². The molecule has 0 radical (unpaired) electrons. The Kier molecular flexibility index (Phi) is 8.00. The number of halogens is 1. The van der Waals surface area contributed by atoms with Gasteiger partial charge in [0.05, 0.1) is 7.11 Å². The van der Waals surface area contributed by atoms with E-state index in [0.717, 1.165) is 18.6 Å². The summed E-state index contributed by atoms with van der Waals surface area (Å²) in [6, 6.07) is 19.8. The molecule has 22 heavy (non-hydrogen) atoms. The molecular formula is C19H26ClNO. The maximum atomic E-state index is 5.18. The lowest BCUT2D eigenvalue weighted by Crippen LogP contribution is -2.29. The van der Waals surface area contributed by atoms with Gasteiger partial charge in [-0.2, -0.15) is 0 Å². The second kappa shape index (κ2) is 9.50. The monoisotopic (exact) mass is 319 g/mol. The highest BCUT2D eigenvalue weighted by molar-refractivity contribution is 5.85. The number of ether oxygens (including phenoxy) is 1. The standard InChI is InChI=1S/C19H25NO.ClH/c1-15(20-16(2)18-7-5-4-6-8-18)9-10-17-11-13-19(21-3)14-12-17;/h4-8,11-16,20H,9-10H2,1-3H3;1H/t15-,16-;/m1./s1. The van der Waals surface area contributed by atoms with Crippen LogP contribution in [0, 0.1) is 0 Å². The molecule has 0 bridgehead atoms. The van der Waals surface area contributed by atoms with Crippen molar-refractivity contribution in [3.05, 3.63) is 65.7 Å². The van der Waals surface area contributed by atoms with Gasteiger partial charge in [-0.1, -0.05) is 42.5 Å². The maximum absolute atomic E-state index is 5.18. The van der Waals surface area contributed by atoms with E-state index in [1.807, 2.05) is 12.1 Å². The Bertz CT molecular complexity index is 527. The van der Waals surface area contributed by atoms with E-state index in [2.05, 4.69) is 61.6 Å². The Morgan fingerprint density at radius 1 is 0.955 bits per heavy atom. The average molecular weight is 320 g/mol. The average Bonchev–Trinajstić information content (AvgIpc) is 2.54. The van der Waals surface area contributed by atoms with Crippen LogP contribution in [0.5, 0.6) is 5.75 Å². The van der Waals surface area contributed by atoms with Gasteiger partial charge in [0.1, 0.15) is 5.75 Å². The van der Waals surface area contributed by atoms with Gasteiger partial charge in [-0.25, -0.2) is 0 Å². The Hall–Kier alpha value is -1.51. The fraction of sp³-hybridized carbons (Fsp3) is 0.368. The minimum Gasteiger partial charge on any atom is -0.497 e. The zero-order chi connectivity index (χ0) is 15.1. The molecule has 0 fully saturated rings. The smallest absolute Gasteiger partial charge is 0.118 e. The normalized spacial score (nSPS) is 13.0. The Morgan fingerprint density at radius 3 is 2.18 bits per heavy atom. The first-order chi connectivity index (χ1) is 10.2. The van der Waals surface area contributed by atoms with Crippen molar-refractivity contribution < 1.29 is 4.74 Å². The largest absolute Gasteiger partial charge is 0.497 e. The molecule has 0 saturated carbocycles. The Balaban J connectivity index is 0.00000242. The van der Waals surface area contributed by atoms with Gasteiger partial charge in [-0.15, -0.1) is 12.4 Å². The summed E-state index contributed by atoms with van der Waals surface area (Å²) in [4.78, 5) is 0. The third kappa shape index (κ3) is 5.70. The summed E-state index contributed by atoms with van der Waals surface area (Å²) in [5.74, 6) is 0.919. The number of hydrogen-bond donors (Lipinski definition) is 1. The minimum atomic E-state index is 0. The van der Waals surface area contributed by atoms with Crippen molar-refractivity contribution >= 4 is 12.4 Å². The summed E-state index contributed by atoms with van der Waals surface area (Å²) in [6.45, 7) is 4.47. The lowest BCUT2D eigenvalue weighted by Gasteiger charge is -2.20. The summed E-state index contributed by atoms with van der Waals surface area (Å²) in [5.41, 5.74) is 2.70. The highest BCUT2D eigenvalue weighted by Gasteiger charge is 2.09. The van der Waals surface area contributed by atoms with Crippen LogP contribution in [-0.4, -0.2) is 13.2 Å². The molecule has 0 spiro atoms. The number of nitrogens with one attached hydrogen (secondary N) is 1. The molecule has 0 aromatic heterocycles. The van der Waals surface area contributed by atoms with Gasteiger partial charge >= 0.3 is 0 Å². The molecule has 3 heteroatoms. The molecular weight excluding hydrogens is 294 g/mol. The molecule has 0 aliphatic heterocycles. The van der Waals surface area contributed by atoms with Gasteiger partial charge in [0.15, 0.2) is 0 Å². The molecule has 0 aliphatic carbocycles. The Morgan fingerprint density at radius 2 is 1.59 bits per heavy atom. The predicted octanol–water partition coefficient (Wildman–Crippen LogP) is 4.79. The van der Waals surface area contributed by atoms with Crippen LogP contribution < -0.4 is 10.1 Å². The van der Waals surface area contributed by atoms with Gasteiger partial charge in [0.25, 0.3) is 0 Å². The van der Waals surface area contributed by atoms with Crippen LogP contribution in [0.25, 0.3) is 0 Å². The molecule has 0 heterocycles. The van der Waals surface area contributed by atoms with Crippen molar-refractivity contribution in [3.8, 4) is 5.75 Å². The summed E-state index contributed by atoms with van der Waals surface area (Å²) in [6.07, 6.45) is 2.21. The number of aryl methyl sites for hydroxylation is 1. The van der Waals surface area contributed by atoms with Crippen LogP contribution in [0.1, 0.15) is 37.4 Å². The molecule has 0 unspecified atom stereocenters. The zero-order valence-corrected chi connectivity index (χ0v) is 14.4. The van der Waals surface area contributed by atoms with Crippen LogP contribution in [0.2, 0.25) is 0 Å². The van der Waals surface area contributed by atoms with Crippen molar-refractivity contribution in [2.75, 3.05) is 7.11 Å². The fourth-order valence-electron chi connectivity index (χ4n) is 2.52. The summed E-state index contributed by atoms with van der Waals surface area (Å²) < 4.78 is 5.18. The molecule has 2 aromatic rings. The molecule has 0 saturated heterocycles. The third-order valence-electron chi connectivity index (χ3n) is 3.86. The highest BCUT2D eigenvalue weighted by Crippen LogP contribution is 2.15. The van der Waals surface area contributed by atoms with E-state index in [1.54, 1.807) is 7.11 Å². The van der Waals surface area contributed by atoms with E-state index < -0.39 is 0 Å². The van der Waals surface area contributed by atoms with Crippen molar-refractivity contribution in [3.63, 3.8) is 0 Å². The topological polar surface area (TPSA) is 21.3 Å². The summed E-state index contributed by atoms with van der Waals surface area (Å²) in [7, 11) is 1.70. The fourth-order valence-corrected chi connectivity index (χ4v) is 2.52. The Labute approximate surface area is 140 Å². The molecule has 2 aromatic carbocycles. The lowest BCUT2D eigenvalue weighted by atomic mass is 10.0. The maximum Gasteiger partial charge on any atom is 0.118 e. The number of methoxy groups -OCH3 is 1. The van der Waals surface area contributed by atoms with Crippen LogP contribution in [0.3, 0.4) is 0 Å². The molecule has 1 N–H and O–H groups in total. The van der Waals surface area contributed by atoms with Gasteiger partial charge < -0.3 is 10.1 Å². The van der Waals surface area contributed by atoms with E-state index in [4.69, 9.17) is 4.74 Å². The van der Waals surface area contributed by atoms with Crippen LogP contribution in [0.15, 0.2) is 54.6 Å². The lowest BCUT2D eigenvalue weighted by molar-refractivity contribution is 0.414.